The largest absolute Gasteiger partial charge is 0.455 e. The quantitative estimate of drug-likeness (QED) is 0.453. The number of hydrogen-bond acceptors (Lipinski definition) is 3. The second-order valence-corrected chi connectivity index (χ2v) is 6.31. The highest BCUT2D eigenvalue weighted by atomic mass is 79.9. The molecule has 110 valence electrons. The van der Waals surface area contributed by atoms with Crippen molar-refractivity contribution >= 4 is 33.5 Å². The maximum Gasteiger partial charge on any atom is 0.144 e. The van der Waals surface area contributed by atoms with E-state index in [0.29, 0.717) is 21.5 Å². The number of nitrogen functional groups attached to an aromatic ring is 1. The third-order valence-corrected chi connectivity index (χ3v) is 4.27. The molecule has 6 heteroatoms. The molecule has 0 aliphatic heterocycles. The topological polar surface area (TPSA) is 59.1 Å². The first kappa shape index (κ1) is 15.9. The molecule has 0 radical (unpaired) electrons. The molecule has 0 heterocycles. The summed E-state index contributed by atoms with van der Waals surface area (Å²) in [5, 5.41) is 7.76. The van der Waals surface area contributed by atoms with Crippen LogP contribution in [-0.2, 0) is 0 Å². The maximum absolute atomic E-state index is 13.3. The minimum Gasteiger partial charge on any atom is -0.455 e. The van der Waals surface area contributed by atoms with E-state index in [0.717, 1.165) is 10.6 Å². The Hall–Kier alpha value is -1.53. The molecule has 3 N–H and O–H groups in total. The van der Waals surface area contributed by atoms with Gasteiger partial charge >= 0.3 is 0 Å². The second-order valence-electron chi connectivity index (χ2n) is 4.15. The van der Waals surface area contributed by atoms with E-state index >= 15 is 0 Å². The zero-order chi connectivity index (χ0) is 15.4. The fourth-order valence-electron chi connectivity index (χ4n) is 1.81. The summed E-state index contributed by atoms with van der Waals surface area (Å²) in [4.78, 5) is 0.870. The number of ether oxygens (including phenoxy) is 1. The lowest BCUT2D eigenvalue weighted by atomic mass is 10.2. The van der Waals surface area contributed by atoms with Crippen LogP contribution in [0.3, 0.4) is 0 Å². The Bertz CT molecular complexity index is 679. The van der Waals surface area contributed by atoms with E-state index in [-0.39, 0.29) is 5.84 Å². The zero-order valence-electron chi connectivity index (χ0n) is 11.3. The molecule has 0 saturated heterocycles. The maximum atomic E-state index is 13.3. The molecule has 0 amide bonds. The smallest absolute Gasteiger partial charge is 0.144 e. The van der Waals surface area contributed by atoms with Crippen LogP contribution >= 0.6 is 27.7 Å². The van der Waals surface area contributed by atoms with Crippen LogP contribution in [0.1, 0.15) is 12.5 Å². The lowest BCUT2D eigenvalue weighted by molar-refractivity contribution is 0.471. The monoisotopic (exact) mass is 368 g/mol. The molecular formula is C15H14BrFN2OS. The number of amidine groups is 1. The SMILES string of the molecule is CCSc1cccc(Oc2cc(F)ccc2Br)c1C(=N)N. The molecule has 0 aliphatic carbocycles. The lowest BCUT2D eigenvalue weighted by Gasteiger charge is -2.14. The van der Waals surface area contributed by atoms with Crippen LogP contribution in [0.25, 0.3) is 0 Å². The van der Waals surface area contributed by atoms with Crippen molar-refractivity contribution < 1.29 is 9.13 Å². The Kier molecular flexibility index (Phi) is 5.25. The van der Waals surface area contributed by atoms with E-state index in [4.69, 9.17) is 15.9 Å². The third kappa shape index (κ3) is 3.77. The van der Waals surface area contributed by atoms with Crippen LogP contribution in [-0.4, -0.2) is 11.6 Å². The summed E-state index contributed by atoms with van der Waals surface area (Å²) in [5.74, 6) is 1.17. The van der Waals surface area contributed by atoms with Gasteiger partial charge in [-0.2, -0.15) is 0 Å². The van der Waals surface area contributed by atoms with Crippen molar-refractivity contribution in [2.45, 2.75) is 11.8 Å². The Morgan fingerprint density at radius 1 is 1.33 bits per heavy atom. The van der Waals surface area contributed by atoms with Crippen molar-refractivity contribution in [2.24, 2.45) is 5.73 Å². The van der Waals surface area contributed by atoms with Gasteiger partial charge in [-0.1, -0.05) is 13.0 Å². The van der Waals surface area contributed by atoms with Crippen LogP contribution < -0.4 is 10.5 Å². The Morgan fingerprint density at radius 3 is 2.76 bits per heavy atom. The molecule has 21 heavy (non-hydrogen) atoms. The molecule has 2 rings (SSSR count). The summed E-state index contributed by atoms with van der Waals surface area (Å²) in [6.07, 6.45) is 0. The van der Waals surface area contributed by atoms with Gasteiger partial charge in [0, 0.05) is 11.0 Å². The van der Waals surface area contributed by atoms with Crippen molar-refractivity contribution in [2.75, 3.05) is 5.75 Å². The van der Waals surface area contributed by atoms with Gasteiger partial charge in [0.05, 0.1) is 10.0 Å². The standard InChI is InChI=1S/C15H14BrFN2OS/c1-2-21-13-5-3-4-11(14(13)15(18)19)20-12-8-9(17)6-7-10(12)16/h3-8H,2H2,1H3,(H3,18,19). The molecule has 0 unspecified atom stereocenters. The molecule has 0 atom stereocenters. The van der Waals surface area contributed by atoms with E-state index in [1.807, 2.05) is 19.1 Å². The normalized spacial score (nSPS) is 10.4. The van der Waals surface area contributed by atoms with E-state index in [2.05, 4.69) is 15.9 Å². The van der Waals surface area contributed by atoms with E-state index < -0.39 is 5.82 Å². The Balaban J connectivity index is 2.46. The number of halogens is 2. The molecule has 2 aromatic carbocycles. The van der Waals surface area contributed by atoms with E-state index in [1.54, 1.807) is 23.9 Å². The van der Waals surface area contributed by atoms with Crippen LogP contribution in [0.4, 0.5) is 4.39 Å². The highest BCUT2D eigenvalue weighted by Gasteiger charge is 2.14. The van der Waals surface area contributed by atoms with Crippen molar-refractivity contribution in [1.82, 2.24) is 0 Å². The molecule has 0 bridgehead atoms. The fourth-order valence-corrected chi connectivity index (χ4v) is 2.98. The van der Waals surface area contributed by atoms with E-state index in [1.165, 1.54) is 12.1 Å². The second kappa shape index (κ2) is 6.95. The van der Waals surface area contributed by atoms with Gasteiger partial charge in [-0.3, -0.25) is 5.41 Å². The first-order chi connectivity index (χ1) is 10.0. The van der Waals surface area contributed by atoms with Gasteiger partial charge in [-0.05, 0) is 45.9 Å². The Labute approximate surface area is 135 Å². The van der Waals surface area contributed by atoms with Crippen molar-refractivity contribution in [3.05, 3.63) is 52.3 Å². The number of nitrogens with one attached hydrogen (secondary N) is 1. The molecule has 0 aromatic heterocycles. The zero-order valence-corrected chi connectivity index (χ0v) is 13.7. The Morgan fingerprint density at radius 2 is 2.10 bits per heavy atom. The van der Waals surface area contributed by atoms with Crippen molar-refractivity contribution in [3.63, 3.8) is 0 Å². The molecule has 0 aliphatic rings. The van der Waals surface area contributed by atoms with E-state index in [9.17, 15) is 4.39 Å². The summed E-state index contributed by atoms with van der Waals surface area (Å²) >= 11 is 4.89. The minimum absolute atomic E-state index is 0.0749. The number of thioether (sulfide) groups is 1. The molecular weight excluding hydrogens is 355 g/mol. The molecule has 0 fully saturated rings. The first-order valence-corrected chi connectivity index (χ1v) is 8.04. The molecule has 3 nitrogen and oxygen atoms in total. The van der Waals surface area contributed by atoms with Gasteiger partial charge < -0.3 is 10.5 Å². The number of hydrogen-bond donors (Lipinski definition) is 2. The predicted molar refractivity (Wildman–Crippen MR) is 88.0 cm³/mol. The van der Waals surface area contributed by atoms with Gasteiger partial charge in [0.25, 0.3) is 0 Å². The average molecular weight is 369 g/mol. The summed E-state index contributed by atoms with van der Waals surface area (Å²) in [7, 11) is 0. The van der Waals surface area contributed by atoms with Gasteiger partial charge in [0.15, 0.2) is 0 Å². The molecule has 2 aromatic rings. The van der Waals surface area contributed by atoms with Gasteiger partial charge in [-0.25, -0.2) is 4.39 Å². The highest BCUT2D eigenvalue weighted by Crippen LogP contribution is 2.35. The summed E-state index contributed by atoms with van der Waals surface area (Å²) in [6.45, 7) is 2.02. The average Bonchev–Trinajstić information content (AvgIpc) is 2.43. The first-order valence-electron chi connectivity index (χ1n) is 6.26. The molecule has 0 saturated carbocycles. The number of rotatable bonds is 5. The summed E-state index contributed by atoms with van der Waals surface area (Å²) in [5.41, 5.74) is 6.20. The van der Waals surface area contributed by atoms with Gasteiger partial charge in [-0.15, -0.1) is 11.8 Å². The predicted octanol–water partition coefficient (Wildman–Crippen LogP) is 4.78. The lowest BCUT2D eigenvalue weighted by Crippen LogP contribution is -2.13. The number of nitrogens with two attached hydrogens (primary N) is 1. The van der Waals surface area contributed by atoms with Crippen molar-refractivity contribution in [3.8, 4) is 11.5 Å². The van der Waals surface area contributed by atoms with Crippen LogP contribution in [0.15, 0.2) is 45.8 Å². The van der Waals surface area contributed by atoms with Crippen LogP contribution in [0.5, 0.6) is 11.5 Å². The highest BCUT2D eigenvalue weighted by molar-refractivity contribution is 9.10. The molecule has 0 spiro atoms. The van der Waals surface area contributed by atoms with Gasteiger partial charge in [0.1, 0.15) is 23.2 Å². The fraction of sp³-hybridized carbons (Fsp3) is 0.133. The third-order valence-electron chi connectivity index (χ3n) is 2.67. The van der Waals surface area contributed by atoms with Gasteiger partial charge in [0.2, 0.25) is 0 Å². The summed E-state index contributed by atoms with van der Waals surface area (Å²) < 4.78 is 19.7. The minimum atomic E-state index is -0.392. The summed E-state index contributed by atoms with van der Waals surface area (Å²) in [6, 6.07) is 9.63. The van der Waals surface area contributed by atoms with Crippen LogP contribution in [0.2, 0.25) is 0 Å². The van der Waals surface area contributed by atoms with Crippen LogP contribution in [0, 0.1) is 11.2 Å². The van der Waals surface area contributed by atoms with Crippen molar-refractivity contribution in [1.29, 1.82) is 5.41 Å². The number of benzene rings is 2.